The van der Waals surface area contributed by atoms with Gasteiger partial charge in [-0.05, 0) is 31.0 Å². The van der Waals surface area contributed by atoms with Gasteiger partial charge in [-0.25, -0.2) is 0 Å². The van der Waals surface area contributed by atoms with Crippen LogP contribution in [0, 0.1) is 13.8 Å². The topological polar surface area (TPSA) is 38.0 Å². The van der Waals surface area contributed by atoms with E-state index >= 15 is 0 Å². The first-order chi connectivity index (χ1) is 5.25. The number of nitrogens with one attached hydrogen (secondary N) is 1. The van der Waals surface area contributed by atoms with Gasteiger partial charge in [-0.2, -0.15) is 0 Å². The second-order valence-electron chi connectivity index (χ2n) is 2.63. The van der Waals surface area contributed by atoms with Crippen LogP contribution in [0.2, 0.25) is 0 Å². The molecule has 0 unspecified atom stereocenters. The van der Waals surface area contributed by atoms with Crippen molar-refractivity contribution in [2.75, 3.05) is 12.0 Å². The van der Waals surface area contributed by atoms with E-state index < -0.39 is 0 Å². The van der Waals surface area contributed by atoms with E-state index in [1.165, 1.54) is 11.1 Å². The summed E-state index contributed by atoms with van der Waals surface area (Å²) in [5, 5.41) is 3.09. The SMILES string of the molecule is Cc1cccc(NCN)c1C. The maximum atomic E-state index is 5.37. The minimum Gasteiger partial charge on any atom is -0.372 e. The summed E-state index contributed by atoms with van der Waals surface area (Å²) < 4.78 is 0. The van der Waals surface area contributed by atoms with Gasteiger partial charge >= 0.3 is 0 Å². The summed E-state index contributed by atoms with van der Waals surface area (Å²) in [6.45, 7) is 4.68. The van der Waals surface area contributed by atoms with Crippen LogP contribution in [-0.2, 0) is 0 Å². The van der Waals surface area contributed by atoms with Crippen LogP contribution < -0.4 is 11.1 Å². The summed E-state index contributed by atoms with van der Waals surface area (Å²) >= 11 is 0. The van der Waals surface area contributed by atoms with E-state index in [4.69, 9.17) is 5.73 Å². The number of hydrogen-bond donors (Lipinski definition) is 2. The molecule has 0 bridgehead atoms. The first-order valence-electron chi connectivity index (χ1n) is 3.76. The molecule has 0 aliphatic carbocycles. The molecule has 0 aromatic heterocycles. The van der Waals surface area contributed by atoms with Crippen molar-refractivity contribution in [2.45, 2.75) is 13.8 Å². The molecule has 60 valence electrons. The lowest BCUT2D eigenvalue weighted by atomic mass is 10.1. The van der Waals surface area contributed by atoms with Gasteiger partial charge in [0.2, 0.25) is 0 Å². The first kappa shape index (κ1) is 8.08. The zero-order chi connectivity index (χ0) is 8.27. The second kappa shape index (κ2) is 3.39. The van der Waals surface area contributed by atoms with Crippen LogP contribution in [0.4, 0.5) is 5.69 Å². The van der Waals surface area contributed by atoms with Gasteiger partial charge in [0.15, 0.2) is 0 Å². The largest absolute Gasteiger partial charge is 0.372 e. The Balaban J connectivity index is 2.96. The highest BCUT2D eigenvalue weighted by molar-refractivity contribution is 5.53. The molecule has 0 heterocycles. The molecule has 1 aromatic carbocycles. The second-order valence-corrected chi connectivity index (χ2v) is 2.63. The van der Waals surface area contributed by atoms with Crippen molar-refractivity contribution in [1.29, 1.82) is 0 Å². The number of benzene rings is 1. The average Bonchev–Trinajstić information content (AvgIpc) is 1.99. The molecule has 2 heteroatoms. The van der Waals surface area contributed by atoms with Crippen molar-refractivity contribution in [3.8, 4) is 0 Å². The van der Waals surface area contributed by atoms with Gasteiger partial charge in [0.1, 0.15) is 0 Å². The standard InChI is InChI=1S/C9H14N2/c1-7-4-3-5-9(8(7)2)11-6-10/h3-5,11H,6,10H2,1-2H3. The lowest BCUT2D eigenvalue weighted by Gasteiger charge is -2.08. The molecule has 0 amide bonds. The van der Waals surface area contributed by atoms with E-state index in [0.29, 0.717) is 6.67 Å². The molecule has 3 N–H and O–H groups in total. The minimum atomic E-state index is 0.490. The van der Waals surface area contributed by atoms with E-state index in [-0.39, 0.29) is 0 Å². The normalized spacial score (nSPS) is 9.73. The molecular weight excluding hydrogens is 136 g/mol. The Hall–Kier alpha value is -1.02. The number of rotatable bonds is 2. The molecule has 0 radical (unpaired) electrons. The molecule has 0 saturated heterocycles. The average molecular weight is 150 g/mol. The fraction of sp³-hybridized carbons (Fsp3) is 0.333. The van der Waals surface area contributed by atoms with Crippen LogP contribution in [0.25, 0.3) is 0 Å². The summed E-state index contributed by atoms with van der Waals surface area (Å²) in [6, 6.07) is 6.16. The third-order valence-corrected chi connectivity index (χ3v) is 1.90. The Bertz CT molecular complexity index is 243. The maximum Gasteiger partial charge on any atom is 0.0628 e. The first-order valence-corrected chi connectivity index (χ1v) is 3.76. The zero-order valence-electron chi connectivity index (χ0n) is 7.02. The third-order valence-electron chi connectivity index (χ3n) is 1.90. The molecule has 0 saturated carbocycles. The molecule has 0 aliphatic rings. The zero-order valence-corrected chi connectivity index (χ0v) is 7.02. The Labute approximate surface area is 67.4 Å². The highest BCUT2D eigenvalue weighted by Crippen LogP contribution is 2.16. The van der Waals surface area contributed by atoms with E-state index in [2.05, 4.69) is 25.2 Å². The lowest BCUT2D eigenvalue weighted by Crippen LogP contribution is -2.11. The smallest absolute Gasteiger partial charge is 0.0628 e. The molecule has 1 aromatic rings. The van der Waals surface area contributed by atoms with Crippen molar-refractivity contribution in [2.24, 2.45) is 5.73 Å². The van der Waals surface area contributed by atoms with Crippen molar-refractivity contribution in [1.82, 2.24) is 0 Å². The van der Waals surface area contributed by atoms with Crippen LogP contribution in [-0.4, -0.2) is 6.67 Å². The van der Waals surface area contributed by atoms with E-state index in [1.807, 2.05) is 12.1 Å². The minimum absolute atomic E-state index is 0.490. The van der Waals surface area contributed by atoms with Gasteiger partial charge in [-0.3, -0.25) is 0 Å². The Kier molecular flexibility index (Phi) is 2.49. The summed E-state index contributed by atoms with van der Waals surface area (Å²) in [5.74, 6) is 0. The van der Waals surface area contributed by atoms with Crippen LogP contribution in [0.1, 0.15) is 11.1 Å². The Morgan fingerprint density at radius 3 is 2.73 bits per heavy atom. The highest BCUT2D eigenvalue weighted by Gasteiger charge is 1.96. The van der Waals surface area contributed by atoms with Gasteiger partial charge in [-0.1, -0.05) is 12.1 Å². The Morgan fingerprint density at radius 1 is 1.36 bits per heavy atom. The molecule has 11 heavy (non-hydrogen) atoms. The predicted octanol–water partition coefficient (Wildman–Crippen LogP) is 1.63. The van der Waals surface area contributed by atoms with E-state index in [9.17, 15) is 0 Å². The molecular formula is C9H14N2. The number of aryl methyl sites for hydroxylation is 1. The molecule has 1 rings (SSSR count). The van der Waals surface area contributed by atoms with Gasteiger partial charge in [0, 0.05) is 5.69 Å². The summed E-state index contributed by atoms with van der Waals surface area (Å²) in [6.07, 6.45) is 0. The van der Waals surface area contributed by atoms with Crippen molar-refractivity contribution in [3.63, 3.8) is 0 Å². The van der Waals surface area contributed by atoms with Gasteiger partial charge < -0.3 is 11.1 Å². The molecule has 0 spiro atoms. The van der Waals surface area contributed by atoms with E-state index in [1.54, 1.807) is 0 Å². The van der Waals surface area contributed by atoms with Crippen LogP contribution in [0.15, 0.2) is 18.2 Å². The number of nitrogens with two attached hydrogens (primary N) is 1. The maximum absolute atomic E-state index is 5.37. The van der Waals surface area contributed by atoms with Crippen LogP contribution in [0.5, 0.6) is 0 Å². The highest BCUT2D eigenvalue weighted by atomic mass is 15.0. The third kappa shape index (κ3) is 1.71. The number of anilines is 1. The van der Waals surface area contributed by atoms with Crippen LogP contribution in [0.3, 0.4) is 0 Å². The van der Waals surface area contributed by atoms with Crippen molar-refractivity contribution in [3.05, 3.63) is 29.3 Å². The van der Waals surface area contributed by atoms with Crippen LogP contribution >= 0.6 is 0 Å². The van der Waals surface area contributed by atoms with Crippen molar-refractivity contribution < 1.29 is 0 Å². The number of hydrogen-bond acceptors (Lipinski definition) is 2. The summed E-state index contributed by atoms with van der Waals surface area (Å²) in [5.41, 5.74) is 9.07. The molecule has 0 atom stereocenters. The van der Waals surface area contributed by atoms with E-state index in [0.717, 1.165) is 5.69 Å². The quantitative estimate of drug-likeness (QED) is 0.629. The predicted molar refractivity (Wildman–Crippen MR) is 48.6 cm³/mol. The summed E-state index contributed by atoms with van der Waals surface area (Å²) in [4.78, 5) is 0. The molecule has 0 aliphatic heterocycles. The van der Waals surface area contributed by atoms with Gasteiger partial charge in [0.25, 0.3) is 0 Å². The fourth-order valence-electron chi connectivity index (χ4n) is 1.05. The van der Waals surface area contributed by atoms with Gasteiger partial charge in [0.05, 0.1) is 6.67 Å². The fourth-order valence-corrected chi connectivity index (χ4v) is 1.05. The molecule has 0 fully saturated rings. The Morgan fingerprint density at radius 2 is 2.09 bits per heavy atom. The monoisotopic (exact) mass is 150 g/mol. The summed E-state index contributed by atoms with van der Waals surface area (Å²) in [7, 11) is 0. The van der Waals surface area contributed by atoms with Gasteiger partial charge in [-0.15, -0.1) is 0 Å². The lowest BCUT2D eigenvalue weighted by molar-refractivity contribution is 1.13. The molecule has 2 nitrogen and oxygen atoms in total. The van der Waals surface area contributed by atoms with Crippen molar-refractivity contribution >= 4 is 5.69 Å².